The number of hydrogen-bond acceptors (Lipinski definition) is 5. The topological polar surface area (TPSA) is 89.5 Å². The molecule has 1 aliphatic rings. The van der Waals surface area contributed by atoms with Gasteiger partial charge < -0.3 is 20.1 Å². The number of unbranched alkanes of at least 4 members (excludes halogenated alkanes) is 1. The maximum atomic E-state index is 13.8. The SMILES string of the molecule is CCCCN(Cc1ccc(C(=O)N[C@@H](CCSC)C(=O)[O-])c(-c2ccccc2C)c1)C(=O)c1ccc(C2CCCCC2)cc1.[Li+]. The Labute approximate surface area is 284 Å². The minimum atomic E-state index is -1.29. The predicted octanol–water partition coefficient (Wildman–Crippen LogP) is 3.76. The largest absolute Gasteiger partial charge is 1.00 e. The number of carboxylic acid groups (broad SMARTS) is 1. The van der Waals surface area contributed by atoms with Crippen LogP contribution in [0.4, 0.5) is 0 Å². The smallest absolute Gasteiger partial charge is 0.548 e. The molecule has 3 aromatic carbocycles. The summed E-state index contributed by atoms with van der Waals surface area (Å²) < 4.78 is 0. The van der Waals surface area contributed by atoms with E-state index in [1.807, 2.05) is 66.6 Å². The van der Waals surface area contributed by atoms with Crippen molar-refractivity contribution >= 4 is 29.5 Å². The van der Waals surface area contributed by atoms with Crippen LogP contribution in [-0.4, -0.2) is 47.3 Å². The van der Waals surface area contributed by atoms with Crippen LogP contribution in [0, 0.1) is 6.92 Å². The van der Waals surface area contributed by atoms with Crippen molar-refractivity contribution in [2.75, 3.05) is 18.6 Å². The van der Waals surface area contributed by atoms with Crippen molar-refractivity contribution in [3.63, 3.8) is 0 Å². The Balaban J connectivity index is 0.00000552. The summed E-state index contributed by atoms with van der Waals surface area (Å²) in [5.74, 6) is -0.570. The number of rotatable bonds is 14. The fraction of sp³-hybridized carbons (Fsp3) is 0.432. The quantitative estimate of drug-likeness (QED) is 0.278. The molecule has 8 heteroatoms. The number of hydrogen-bond donors (Lipinski definition) is 1. The van der Waals surface area contributed by atoms with Crippen molar-refractivity contribution in [1.29, 1.82) is 0 Å². The van der Waals surface area contributed by atoms with E-state index in [0.29, 0.717) is 41.5 Å². The van der Waals surface area contributed by atoms with Gasteiger partial charge in [0, 0.05) is 24.2 Å². The molecular formula is C37H45LiN2O4S. The molecule has 0 aromatic heterocycles. The van der Waals surface area contributed by atoms with Gasteiger partial charge in [0.05, 0.1) is 12.0 Å². The summed E-state index contributed by atoms with van der Waals surface area (Å²) in [5.41, 5.74) is 5.90. The Morgan fingerprint density at radius 1 is 0.978 bits per heavy atom. The van der Waals surface area contributed by atoms with Crippen molar-refractivity contribution in [1.82, 2.24) is 10.2 Å². The van der Waals surface area contributed by atoms with Gasteiger partial charge in [-0.15, -0.1) is 0 Å². The molecule has 1 saturated carbocycles. The van der Waals surface area contributed by atoms with Gasteiger partial charge in [-0.25, -0.2) is 0 Å². The molecule has 4 rings (SSSR count). The second-order valence-corrected chi connectivity index (χ2v) is 12.8. The van der Waals surface area contributed by atoms with Gasteiger partial charge in [0.2, 0.25) is 0 Å². The number of nitrogens with one attached hydrogen (secondary N) is 1. The first kappa shape index (κ1) is 36.5. The molecule has 2 amide bonds. The molecule has 0 saturated heterocycles. The van der Waals surface area contributed by atoms with Crippen LogP contribution in [0.15, 0.2) is 66.7 Å². The van der Waals surface area contributed by atoms with Crippen molar-refractivity contribution < 1.29 is 38.4 Å². The van der Waals surface area contributed by atoms with Crippen LogP contribution >= 0.6 is 11.8 Å². The predicted molar refractivity (Wildman–Crippen MR) is 178 cm³/mol. The van der Waals surface area contributed by atoms with E-state index in [-0.39, 0.29) is 31.2 Å². The van der Waals surface area contributed by atoms with Crippen molar-refractivity contribution in [2.45, 2.75) is 83.7 Å². The first-order valence-corrected chi connectivity index (χ1v) is 17.3. The van der Waals surface area contributed by atoms with E-state index in [0.717, 1.165) is 29.5 Å². The number of carbonyl (C=O) groups excluding carboxylic acids is 3. The second kappa shape index (κ2) is 18.2. The average Bonchev–Trinajstić information content (AvgIpc) is 3.05. The zero-order valence-electron chi connectivity index (χ0n) is 27.3. The minimum absolute atomic E-state index is 0. The van der Waals surface area contributed by atoms with E-state index in [2.05, 4.69) is 24.4 Å². The average molecular weight is 621 g/mol. The molecule has 0 radical (unpaired) electrons. The fourth-order valence-corrected chi connectivity index (χ4v) is 6.52. The van der Waals surface area contributed by atoms with Gasteiger partial charge in [-0.3, -0.25) is 9.59 Å². The van der Waals surface area contributed by atoms with E-state index < -0.39 is 17.9 Å². The van der Waals surface area contributed by atoms with E-state index in [4.69, 9.17) is 0 Å². The number of benzene rings is 3. The molecule has 0 bridgehead atoms. The maximum absolute atomic E-state index is 13.8. The zero-order chi connectivity index (χ0) is 31.5. The summed E-state index contributed by atoms with van der Waals surface area (Å²) in [7, 11) is 0. The van der Waals surface area contributed by atoms with Gasteiger partial charge in [-0.1, -0.05) is 75.1 Å². The molecule has 6 nitrogen and oxygen atoms in total. The van der Waals surface area contributed by atoms with Crippen LogP contribution < -0.4 is 29.3 Å². The third-order valence-electron chi connectivity index (χ3n) is 8.64. The number of amides is 2. The van der Waals surface area contributed by atoms with E-state index in [9.17, 15) is 19.5 Å². The molecule has 0 unspecified atom stereocenters. The molecule has 3 aromatic rings. The fourth-order valence-electron chi connectivity index (χ4n) is 6.04. The van der Waals surface area contributed by atoms with Gasteiger partial charge in [0.15, 0.2) is 0 Å². The van der Waals surface area contributed by atoms with Gasteiger partial charge in [0.1, 0.15) is 0 Å². The molecule has 45 heavy (non-hydrogen) atoms. The van der Waals surface area contributed by atoms with Crippen LogP contribution in [-0.2, 0) is 11.3 Å². The number of thioether (sulfide) groups is 1. The summed E-state index contributed by atoms with van der Waals surface area (Å²) in [4.78, 5) is 40.9. The standard InChI is InChI=1S/C37H46N2O4S.Li/c1-4-5-22-39(36(41)30-18-16-29(17-19-30)28-12-7-6-8-13-28)25-27-15-20-32(33(24-27)31-14-10-9-11-26(31)2)35(40)38-34(37(42)43)21-23-44-3;/h9-11,14-20,24,28,34H,4-8,12-13,21-23,25H2,1-3H3,(H,38,40)(H,42,43);/q;+1/p-1/t34-;/m0./s1. The number of carbonyl (C=O) groups is 3. The summed E-state index contributed by atoms with van der Waals surface area (Å²) in [6.07, 6.45) is 10.3. The molecule has 0 aliphatic heterocycles. The zero-order valence-corrected chi connectivity index (χ0v) is 28.1. The summed E-state index contributed by atoms with van der Waals surface area (Å²) in [6, 6.07) is 20.5. The second-order valence-electron chi connectivity index (χ2n) is 11.9. The number of carboxylic acids is 1. The van der Waals surface area contributed by atoms with E-state index in [1.165, 1.54) is 49.4 Å². The van der Waals surface area contributed by atoms with E-state index >= 15 is 0 Å². The first-order chi connectivity index (χ1) is 21.3. The summed E-state index contributed by atoms with van der Waals surface area (Å²) in [6.45, 7) is 5.13. The molecule has 0 spiro atoms. The van der Waals surface area contributed by atoms with Gasteiger partial charge in [-0.2, -0.15) is 11.8 Å². The van der Waals surface area contributed by atoms with E-state index in [1.54, 1.807) is 6.07 Å². The third-order valence-corrected chi connectivity index (χ3v) is 9.28. The van der Waals surface area contributed by atoms with Crippen molar-refractivity contribution in [3.8, 4) is 11.1 Å². The Kier molecular flexibility index (Phi) is 14.8. The molecule has 234 valence electrons. The molecule has 1 N–H and O–H groups in total. The molecule has 1 fully saturated rings. The normalized spacial score (nSPS) is 13.8. The van der Waals surface area contributed by atoms with Crippen LogP contribution in [0.1, 0.15) is 102 Å². The summed E-state index contributed by atoms with van der Waals surface area (Å²) >= 11 is 1.52. The van der Waals surface area contributed by atoms with Crippen molar-refractivity contribution in [3.05, 3.63) is 94.5 Å². The van der Waals surface area contributed by atoms with Gasteiger partial charge in [0.25, 0.3) is 11.8 Å². The number of aryl methyl sites for hydroxylation is 1. The first-order valence-electron chi connectivity index (χ1n) is 15.9. The van der Waals surface area contributed by atoms with Crippen LogP contribution in [0.5, 0.6) is 0 Å². The molecule has 1 atom stereocenters. The monoisotopic (exact) mass is 620 g/mol. The van der Waals surface area contributed by atoms with Gasteiger partial charge in [-0.05, 0) is 103 Å². The van der Waals surface area contributed by atoms with Gasteiger partial charge >= 0.3 is 18.9 Å². The molecular weight excluding hydrogens is 575 g/mol. The van der Waals surface area contributed by atoms with Crippen LogP contribution in [0.2, 0.25) is 0 Å². The Bertz CT molecular complexity index is 1420. The van der Waals surface area contributed by atoms with Crippen LogP contribution in [0.3, 0.4) is 0 Å². The molecule has 1 aliphatic carbocycles. The van der Waals surface area contributed by atoms with Crippen LogP contribution in [0.25, 0.3) is 11.1 Å². The van der Waals surface area contributed by atoms with Crippen molar-refractivity contribution in [2.24, 2.45) is 0 Å². The summed E-state index contributed by atoms with van der Waals surface area (Å²) in [5, 5.41) is 14.4. The maximum Gasteiger partial charge on any atom is 1.00 e. The third kappa shape index (κ3) is 10.0. The number of aliphatic carboxylic acids is 1. The Morgan fingerprint density at radius 2 is 1.69 bits per heavy atom. The minimum Gasteiger partial charge on any atom is -0.548 e. The number of nitrogens with zero attached hydrogens (tertiary/aromatic N) is 1. The molecule has 0 heterocycles. The Morgan fingerprint density at radius 3 is 2.33 bits per heavy atom. The Hall–Kier alpha value is -2.98.